The number of piperazine rings is 1. The van der Waals surface area contributed by atoms with Crippen molar-refractivity contribution in [2.75, 3.05) is 43.4 Å². The molecule has 0 atom stereocenters. The predicted molar refractivity (Wildman–Crippen MR) is 144 cm³/mol. The Morgan fingerprint density at radius 2 is 1.86 bits per heavy atom. The first-order valence-corrected chi connectivity index (χ1v) is 12.0. The van der Waals surface area contributed by atoms with Crippen LogP contribution in [0.15, 0.2) is 79.6 Å². The van der Waals surface area contributed by atoms with Crippen LogP contribution in [0.2, 0.25) is 0 Å². The molecule has 0 saturated carbocycles. The molecule has 0 radical (unpaired) electrons. The Hall–Kier alpha value is -4.30. The number of rotatable bonds is 7. The van der Waals surface area contributed by atoms with Gasteiger partial charge in [0.1, 0.15) is 5.52 Å². The predicted octanol–water partition coefficient (Wildman–Crippen LogP) is 3.99. The van der Waals surface area contributed by atoms with Crippen molar-refractivity contribution in [1.82, 2.24) is 25.2 Å². The molecular weight excluding hydrogens is 450 g/mol. The molecule has 2 aromatic heterocycles. The Morgan fingerprint density at radius 3 is 2.64 bits per heavy atom. The molecule has 2 N–H and O–H groups in total. The third-order valence-electron chi connectivity index (χ3n) is 6.34. The van der Waals surface area contributed by atoms with E-state index in [1.54, 1.807) is 6.20 Å². The lowest BCUT2D eigenvalue weighted by Gasteiger charge is -2.34. The molecule has 1 aliphatic heterocycles. The van der Waals surface area contributed by atoms with E-state index < -0.39 is 0 Å². The second-order valence-electron chi connectivity index (χ2n) is 8.88. The van der Waals surface area contributed by atoms with Gasteiger partial charge in [0.2, 0.25) is 11.9 Å². The summed E-state index contributed by atoms with van der Waals surface area (Å²) in [5, 5.41) is 7.04. The number of carbonyl (C=O) groups is 1. The summed E-state index contributed by atoms with van der Waals surface area (Å²) in [6.45, 7) is 8.13. The summed E-state index contributed by atoms with van der Waals surface area (Å²) in [5.41, 5.74) is 5.57. The number of amides is 1. The van der Waals surface area contributed by atoms with E-state index in [4.69, 9.17) is 4.98 Å². The van der Waals surface area contributed by atoms with Crippen LogP contribution in [0.3, 0.4) is 0 Å². The van der Waals surface area contributed by atoms with Gasteiger partial charge in [0.25, 0.3) is 0 Å². The van der Waals surface area contributed by atoms with Crippen molar-refractivity contribution >= 4 is 34.1 Å². The quantitative estimate of drug-likeness (QED) is 0.388. The maximum atomic E-state index is 11.5. The van der Waals surface area contributed by atoms with E-state index in [0.717, 1.165) is 59.6 Å². The molecule has 4 aromatic rings. The third kappa shape index (κ3) is 5.34. The van der Waals surface area contributed by atoms with Crippen molar-refractivity contribution < 1.29 is 4.79 Å². The molecule has 182 valence electrons. The Labute approximate surface area is 210 Å². The van der Waals surface area contributed by atoms with Gasteiger partial charge in [-0.05, 0) is 55.1 Å². The molecule has 8 heteroatoms. The second kappa shape index (κ2) is 10.5. The first kappa shape index (κ1) is 23.4. The van der Waals surface area contributed by atoms with Crippen LogP contribution in [0.1, 0.15) is 5.56 Å². The van der Waals surface area contributed by atoms with Crippen molar-refractivity contribution in [2.45, 2.75) is 6.54 Å². The number of hydrogen-bond acceptors (Lipinski definition) is 7. The van der Waals surface area contributed by atoms with E-state index in [1.807, 2.05) is 36.5 Å². The molecule has 1 fully saturated rings. The first-order chi connectivity index (χ1) is 17.6. The average molecular weight is 480 g/mol. The zero-order valence-electron chi connectivity index (χ0n) is 20.3. The monoisotopic (exact) mass is 479 g/mol. The normalized spacial score (nSPS) is 14.0. The topological polar surface area (TPSA) is 86.3 Å². The number of fused-ring (bicyclic) bond motifs is 1. The van der Waals surface area contributed by atoms with Gasteiger partial charge >= 0.3 is 0 Å². The van der Waals surface area contributed by atoms with Crippen LogP contribution >= 0.6 is 0 Å². The smallest absolute Gasteiger partial charge is 0.243 e. The van der Waals surface area contributed by atoms with Crippen LogP contribution in [-0.2, 0) is 11.3 Å². The maximum absolute atomic E-state index is 11.5. The lowest BCUT2D eigenvalue weighted by molar-refractivity contribution is -0.116. The highest BCUT2D eigenvalue weighted by Crippen LogP contribution is 2.27. The fraction of sp³-hybridized carbons (Fsp3) is 0.214. The number of pyridine rings is 1. The highest BCUT2D eigenvalue weighted by atomic mass is 16.1. The lowest BCUT2D eigenvalue weighted by Crippen LogP contribution is -2.44. The van der Waals surface area contributed by atoms with Gasteiger partial charge < -0.3 is 20.4 Å². The van der Waals surface area contributed by atoms with Crippen LogP contribution < -0.4 is 15.5 Å². The van der Waals surface area contributed by atoms with E-state index in [2.05, 4.69) is 68.3 Å². The molecule has 1 aliphatic rings. The standard InChI is InChI=1S/C28H29N7O/c1-3-25(36)30-18-20-5-4-6-21(17-20)26-27-22(11-12-29-26)19-31-28(33-27)32-23-7-9-24(10-8-23)35-15-13-34(2)14-16-35/h3-12,17,19H,1,13-16,18H2,2H3,(H,30,36)(H,31,32,33). The molecule has 1 saturated heterocycles. The fourth-order valence-electron chi connectivity index (χ4n) is 4.27. The molecule has 0 bridgehead atoms. The number of aromatic nitrogens is 3. The largest absolute Gasteiger partial charge is 0.369 e. The van der Waals surface area contributed by atoms with Gasteiger partial charge in [-0.1, -0.05) is 24.8 Å². The number of nitrogens with one attached hydrogen (secondary N) is 2. The molecule has 0 unspecified atom stereocenters. The SMILES string of the molecule is C=CC(=O)NCc1cccc(-c2nccc3cnc(Nc4ccc(N5CCN(C)CC5)cc4)nc23)c1. The summed E-state index contributed by atoms with van der Waals surface area (Å²) in [6, 6.07) is 18.2. The minimum atomic E-state index is -0.205. The van der Waals surface area contributed by atoms with Gasteiger partial charge in [-0.3, -0.25) is 9.78 Å². The van der Waals surface area contributed by atoms with Crippen molar-refractivity contribution in [3.63, 3.8) is 0 Å². The van der Waals surface area contributed by atoms with E-state index in [0.29, 0.717) is 12.5 Å². The van der Waals surface area contributed by atoms with Gasteiger partial charge in [0, 0.05) is 67.4 Å². The summed E-state index contributed by atoms with van der Waals surface area (Å²) >= 11 is 0. The lowest BCUT2D eigenvalue weighted by atomic mass is 10.1. The molecule has 2 aromatic carbocycles. The minimum Gasteiger partial charge on any atom is -0.369 e. The highest BCUT2D eigenvalue weighted by Gasteiger charge is 2.14. The molecule has 0 spiro atoms. The molecule has 8 nitrogen and oxygen atoms in total. The summed E-state index contributed by atoms with van der Waals surface area (Å²) < 4.78 is 0. The molecule has 0 aliphatic carbocycles. The summed E-state index contributed by atoms with van der Waals surface area (Å²) in [4.78, 5) is 30.2. The number of hydrogen-bond donors (Lipinski definition) is 2. The zero-order chi connectivity index (χ0) is 24.9. The fourth-order valence-corrected chi connectivity index (χ4v) is 4.27. The van der Waals surface area contributed by atoms with E-state index in [1.165, 1.54) is 11.8 Å². The van der Waals surface area contributed by atoms with Crippen LogP contribution in [-0.4, -0.2) is 59.0 Å². The van der Waals surface area contributed by atoms with Crippen LogP contribution in [0.25, 0.3) is 22.2 Å². The Kier molecular flexibility index (Phi) is 6.86. The summed E-state index contributed by atoms with van der Waals surface area (Å²) in [7, 11) is 2.16. The first-order valence-electron chi connectivity index (χ1n) is 12.0. The molecule has 3 heterocycles. The van der Waals surface area contributed by atoms with Crippen LogP contribution in [0.5, 0.6) is 0 Å². The minimum absolute atomic E-state index is 0.205. The van der Waals surface area contributed by atoms with Gasteiger partial charge in [-0.25, -0.2) is 9.97 Å². The number of likely N-dealkylation sites (N-methyl/N-ethyl adjacent to an activating group) is 1. The van der Waals surface area contributed by atoms with Gasteiger partial charge in [-0.2, -0.15) is 0 Å². The molecular formula is C28H29N7O. The molecule has 36 heavy (non-hydrogen) atoms. The third-order valence-corrected chi connectivity index (χ3v) is 6.34. The average Bonchev–Trinajstić information content (AvgIpc) is 2.92. The van der Waals surface area contributed by atoms with Gasteiger partial charge in [0.15, 0.2) is 0 Å². The number of anilines is 3. The van der Waals surface area contributed by atoms with E-state index in [9.17, 15) is 4.79 Å². The van der Waals surface area contributed by atoms with Crippen molar-refractivity contribution in [1.29, 1.82) is 0 Å². The Morgan fingerprint density at radius 1 is 1.06 bits per heavy atom. The van der Waals surface area contributed by atoms with Crippen molar-refractivity contribution in [3.8, 4) is 11.3 Å². The number of carbonyl (C=O) groups excluding carboxylic acids is 1. The summed E-state index contributed by atoms with van der Waals surface area (Å²) in [6.07, 6.45) is 4.83. The van der Waals surface area contributed by atoms with Gasteiger partial charge in [0.05, 0.1) is 5.69 Å². The molecule has 5 rings (SSSR count). The number of benzene rings is 2. The van der Waals surface area contributed by atoms with Crippen molar-refractivity contribution in [3.05, 3.63) is 85.2 Å². The zero-order valence-corrected chi connectivity index (χ0v) is 20.3. The van der Waals surface area contributed by atoms with E-state index >= 15 is 0 Å². The Bertz CT molecular complexity index is 1380. The highest BCUT2D eigenvalue weighted by molar-refractivity contribution is 5.91. The summed E-state index contributed by atoms with van der Waals surface area (Å²) in [5.74, 6) is 0.308. The van der Waals surface area contributed by atoms with Crippen LogP contribution in [0, 0.1) is 0 Å². The second-order valence-corrected chi connectivity index (χ2v) is 8.88. The Balaban J connectivity index is 1.37. The van der Waals surface area contributed by atoms with Crippen LogP contribution in [0.4, 0.5) is 17.3 Å². The van der Waals surface area contributed by atoms with E-state index in [-0.39, 0.29) is 5.91 Å². The number of nitrogens with zero attached hydrogens (tertiary/aromatic N) is 5. The van der Waals surface area contributed by atoms with Crippen molar-refractivity contribution in [2.24, 2.45) is 0 Å². The molecule has 1 amide bonds. The maximum Gasteiger partial charge on any atom is 0.243 e. The van der Waals surface area contributed by atoms with Gasteiger partial charge in [-0.15, -0.1) is 0 Å².